The van der Waals surface area contributed by atoms with E-state index in [9.17, 15) is 14.7 Å². The van der Waals surface area contributed by atoms with E-state index in [0.717, 1.165) is 50.5 Å². The molecule has 1 aromatic carbocycles. The van der Waals surface area contributed by atoms with Crippen molar-refractivity contribution in [3.05, 3.63) is 24.3 Å². The summed E-state index contributed by atoms with van der Waals surface area (Å²) in [6, 6.07) is 7.61. The highest BCUT2D eigenvalue weighted by Gasteiger charge is 2.52. The Morgan fingerprint density at radius 3 is 2.48 bits per heavy atom. The lowest BCUT2D eigenvalue weighted by Gasteiger charge is -2.37. The van der Waals surface area contributed by atoms with Crippen LogP contribution in [-0.2, 0) is 4.79 Å². The van der Waals surface area contributed by atoms with Crippen molar-refractivity contribution in [3.63, 3.8) is 0 Å². The number of carbonyl (C=O) groups excluding carboxylic acids is 2. The number of urea groups is 1. The summed E-state index contributed by atoms with van der Waals surface area (Å²) in [6.45, 7) is 3.78. The Hall–Kier alpha value is -2.32. The maximum Gasteiger partial charge on any atom is 0.325 e. The number of ether oxygens (including phenoxy) is 1. The number of benzene rings is 1. The molecule has 2 aliphatic heterocycles. The molecule has 2 saturated heterocycles. The highest BCUT2D eigenvalue weighted by molar-refractivity contribution is 6.07. The lowest BCUT2D eigenvalue weighted by molar-refractivity contribution is -0.132. The number of piperazine rings is 1. The summed E-state index contributed by atoms with van der Waals surface area (Å²) in [5, 5.41) is 13.4. The van der Waals surface area contributed by atoms with Crippen molar-refractivity contribution >= 4 is 17.6 Å². The van der Waals surface area contributed by atoms with Crippen LogP contribution in [0.25, 0.3) is 0 Å². The van der Waals surface area contributed by atoms with E-state index in [0.29, 0.717) is 19.4 Å². The molecule has 1 aromatic rings. The van der Waals surface area contributed by atoms with Crippen LogP contribution >= 0.6 is 0 Å². The molecular formula is C21H30N4O4. The van der Waals surface area contributed by atoms with Crippen LogP contribution in [0, 0.1) is 0 Å². The number of anilines is 1. The van der Waals surface area contributed by atoms with E-state index in [1.165, 1.54) is 4.90 Å². The zero-order valence-corrected chi connectivity index (χ0v) is 17.0. The van der Waals surface area contributed by atoms with Gasteiger partial charge in [0.2, 0.25) is 0 Å². The van der Waals surface area contributed by atoms with Crippen LogP contribution < -0.4 is 15.0 Å². The van der Waals surface area contributed by atoms with Crippen LogP contribution in [0.3, 0.4) is 0 Å². The minimum Gasteiger partial charge on any atom is -0.495 e. The Kier molecular flexibility index (Phi) is 5.65. The topological polar surface area (TPSA) is 85.3 Å². The molecule has 29 heavy (non-hydrogen) atoms. The van der Waals surface area contributed by atoms with Crippen molar-refractivity contribution in [1.29, 1.82) is 0 Å². The molecule has 1 saturated carbocycles. The van der Waals surface area contributed by atoms with Crippen LogP contribution in [0.2, 0.25) is 0 Å². The highest BCUT2D eigenvalue weighted by atomic mass is 16.5. The Balaban J connectivity index is 1.28. The predicted octanol–water partition coefficient (Wildman–Crippen LogP) is 1.04. The van der Waals surface area contributed by atoms with Crippen LogP contribution in [0.1, 0.15) is 25.7 Å². The summed E-state index contributed by atoms with van der Waals surface area (Å²) in [5.41, 5.74) is 0.369. The molecule has 8 nitrogen and oxygen atoms in total. The Bertz CT molecular complexity index is 757. The second-order valence-corrected chi connectivity index (χ2v) is 8.25. The molecule has 3 aliphatic rings. The molecule has 0 unspecified atom stereocenters. The number of hydrogen-bond acceptors (Lipinski definition) is 6. The second-order valence-electron chi connectivity index (χ2n) is 8.25. The average Bonchev–Trinajstić information content (AvgIpc) is 3.29. The summed E-state index contributed by atoms with van der Waals surface area (Å²) in [5.74, 6) is 0.695. The molecule has 1 spiro atoms. The number of rotatable bonds is 6. The van der Waals surface area contributed by atoms with Crippen molar-refractivity contribution in [1.82, 2.24) is 15.1 Å². The molecule has 0 radical (unpaired) electrons. The maximum absolute atomic E-state index is 12.7. The third-order valence-electron chi connectivity index (χ3n) is 6.36. The molecular weight excluding hydrogens is 372 g/mol. The molecule has 8 heteroatoms. The molecule has 4 rings (SSSR count). The van der Waals surface area contributed by atoms with E-state index in [-0.39, 0.29) is 18.5 Å². The van der Waals surface area contributed by atoms with Gasteiger partial charge in [0.05, 0.1) is 25.4 Å². The lowest BCUT2D eigenvalue weighted by Crippen LogP contribution is -2.51. The molecule has 3 amide bonds. The minimum atomic E-state index is -0.751. The van der Waals surface area contributed by atoms with Crippen LogP contribution in [-0.4, -0.2) is 84.9 Å². The third-order valence-corrected chi connectivity index (χ3v) is 6.36. The number of nitrogens with one attached hydrogen (secondary N) is 1. The van der Waals surface area contributed by atoms with Crippen molar-refractivity contribution in [2.45, 2.75) is 37.3 Å². The van der Waals surface area contributed by atoms with Gasteiger partial charge in [0, 0.05) is 32.7 Å². The van der Waals surface area contributed by atoms with Crippen molar-refractivity contribution < 1.29 is 19.4 Å². The van der Waals surface area contributed by atoms with Crippen molar-refractivity contribution in [2.24, 2.45) is 0 Å². The molecule has 3 fully saturated rings. The smallest absolute Gasteiger partial charge is 0.325 e. The van der Waals surface area contributed by atoms with Gasteiger partial charge in [-0.3, -0.25) is 14.6 Å². The first kappa shape index (κ1) is 20.0. The number of aliphatic hydroxyl groups excluding tert-OH is 1. The van der Waals surface area contributed by atoms with Gasteiger partial charge in [0.1, 0.15) is 11.3 Å². The van der Waals surface area contributed by atoms with Crippen LogP contribution in [0.4, 0.5) is 10.5 Å². The number of methoxy groups -OCH3 is 1. The van der Waals surface area contributed by atoms with E-state index in [1.807, 2.05) is 18.2 Å². The number of nitrogens with zero attached hydrogens (tertiary/aromatic N) is 3. The Labute approximate surface area is 171 Å². The third kappa shape index (κ3) is 3.91. The number of carbonyl (C=O) groups is 2. The van der Waals surface area contributed by atoms with Crippen molar-refractivity contribution in [2.75, 3.05) is 51.3 Å². The first-order valence-corrected chi connectivity index (χ1v) is 10.4. The molecule has 1 aliphatic carbocycles. The lowest BCUT2D eigenvalue weighted by atomic mass is 9.98. The van der Waals surface area contributed by atoms with Crippen LogP contribution in [0.15, 0.2) is 24.3 Å². The number of para-hydroxylation sites is 2. The predicted molar refractivity (Wildman–Crippen MR) is 109 cm³/mol. The highest BCUT2D eigenvalue weighted by Crippen LogP contribution is 2.35. The number of imide groups is 1. The fraction of sp³-hybridized carbons (Fsp3) is 0.619. The van der Waals surface area contributed by atoms with E-state index in [2.05, 4.69) is 21.2 Å². The monoisotopic (exact) mass is 402 g/mol. The van der Waals surface area contributed by atoms with E-state index in [1.54, 1.807) is 7.11 Å². The standard InChI is InChI=1S/C21H30N4O4/c1-29-18-7-3-2-6-17(18)24-12-10-23(11-13-24)14-16(26)15-25-19(27)21(22-20(25)28)8-4-5-9-21/h2-3,6-7,16,26H,4-5,8-15H2,1H3,(H,22,28)/t16-/m0/s1. The van der Waals surface area contributed by atoms with Gasteiger partial charge in [-0.05, 0) is 25.0 Å². The van der Waals surface area contributed by atoms with Crippen LogP contribution in [0.5, 0.6) is 5.75 Å². The van der Waals surface area contributed by atoms with Gasteiger partial charge in [-0.2, -0.15) is 0 Å². The van der Waals surface area contributed by atoms with Gasteiger partial charge in [-0.25, -0.2) is 4.79 Å². The van der Waals surface area contributed by atoms with Gasteiger partial charge in [0.25, 0.3) is 5.91 Å². The molecule has 158 valence electrons. The normalized spacial score (nSPS) is 23.0. The summed E-state index contributed by atoms with van der Waals surface area (Å²) in [6.07, 6.45) is 2.57. The fourth-order valence-electron chi connectivity index (χ4n) is 4.79. The van der Waals surface area contributed by atoms with Gasteiger partial charge in [0.15, 0.2) is 0 Å². The SMILES string of the molecule is COc1ccccc1N1CCN(C[C@H](O)CN2C(=O)NC3(CCCC3)C2=O)CC1. The quantitative estimate of drug-likeness (QED) is 0.692. The summed E-state index contributed by atoms with van der Waals surface area (Å²) in [4.78, 5) is 30.7. The zero-order chi connectivity index (χ0) is 20.4. The maximum atomic E-state index is 12.7. The molecule has 0 bridgehead atoms. The van der Waals surface area contributed by atoms with Gasteiger partial charge in [-0.15, -0.1) is 0 Å². The van der Waals surface area contributed by atoms with Gasteiger partial charge in [-0.1, -0.05) is 25.0 Å². The number of aliphatic hydroxyl groups is 1. The molecule has 2 N–H and O–H groups in total. The first-order valence-electron chi connectivity index (χ1n) is 10.4. The number of β-amino-alcohol motifs (C(OH)–C–C–N with tert-alkyl or cyclic N) is 1. The van der Waals surface area contributed by atoms with E-state index >= 15 is 0 Å². The Morgan fingerprint density at radius 2 is 1.79 bits per heavy atom. The first-order chi connectivity index (χ1) is 14.0. The molecule has 0 aromatic heterocycles. The van der Waals surface area contributed by atoms with Crippen molar-refractivity contribution in [3.8, 4) is 5.75 Å². The molecule has 2 heterocycles. The average molecular weight is 402 g/mol. The number of amides is 3. The Morgan fingerprint density at radius 1 is 1.10 bits per heavy atom. The molecule has 1 atom stereocenters. The van der Waals surface area contributed by atoms with Gasteiger partial charge >= 0.3 is 6.03 Å². The summed E-state index contributed by atoms with van der Waals surface area (Å²) < 4.78 is 5.45. The van der Waals surface area contributed by atoms with E-state index in [4.69, 9.17) is 4.74 Å². The largest absolute Gasteiger partial charge is 0.495 e. The second kappa shape index (κ2) is 8.20. The van der Waals surface area contributed by atoms with Gasteiger partial charge < -0.3 is 20.1 Å². The summed E-state index contributed by atoms with van der Waals surface area (Å²) in [7, 11) is 1.68. The zero-order valence-electron chi connectivity index (χ0n) is 17.0. The number of hydrogen-bond donors (Lipinski definition) is 2. The van der Waals surface area contributed by atoms with E-state index < -0.39 is 11.6 Å². The summed E-state index contributed by atoms with van der Waals surface area (Å²) >= 11 is 0. The fourth-order valence-corrected chi connectivity index (χ4v) is 4.79. The minimum absolute atomic E-state index is 0.0547.